The Bertz CT molecular complexity index is 2010. The number of nitrogens with one attached hydrogen (secondary N) is 4. The third kappa shape index (κ3) is 13.8. The Labute approximate surface area is 352 Å². The molecule has 2 aromatic carbocycles. The number of carbonyl (C=O) groups excluding carboxylic acids is 6. The molecule has 5 atom stereocenters. The van der Waals surface area contributed by atoms with Gasteiger partial charge in [-0.05, 0) is 69.4 Å². The first kappa shape index (κ1) is 47.1. The van der Waals surface area contributed by atoms with Crippen molar-refractivity contribution in [2.45, 2.75) is 115 Å². The Morgan fingerprint density at radius 3 is 2.07 bits per heavy atom. The van der Waals surface area contributed by atoms with Crippen molar-refractivity contribution in [1.82, 2.24) is 25.6 Å². The summed E-state index contributed by atoms with van der Waals surface area (Å²) in [6, 6.07) is 17.1. The van der Waals surface area contributed by atoms with Gasteiger partial charge < -0.3 is 30.3 Å². The maximum absolute atomic E-state index is 14.2. The van der Waals surface area contributed by atoms with E-state index in [0.29, 0.717) is 32.4 Å². The van der Waals surface area contributed by atoms with Gasteiger partial charge in [0.15, 0.2) is 0 Å². The number of amides is 5. The predicted molar refractivity (Wildman–Crippen MR) is 224 cm³/mol. The molecule has 5 amide bonds. The van der Waals surface area contributed by atoms with Crippen LogP contribution in [0.4, 0.5) is 9.59 Å². The number of rotatable bonds is 15. The van der Waals surface area contributed by atoms with Gasteiger partial charge in [0.05, 0.1) is 18.3 Å². The van der Waals surface area contributed by atoms with Crippen LogP contribution < -0.4 is 20.7 Å². The predicted octanol–water partition coefficient (Wildman–Crippen LogP) is 4.10. The summed E-state index contributed by atoms with van der Waals surface area (Å²) in [5.74, 6) is -2.79. The van der Waals surface area contributed by atoms with Crippen molar-refractivity contribution >= 4 is 46.0 Å². The molecule has 326 valence electrons. The van der Waals surface area contributed by atoms with Crippen LogP contribution in [-0.4, -0.2) is 104 Å². The van der Waals surface area contributed by atoms with Crippen molar-refractivity contribution in [1.29, 1.82) is 0 Å². The minimum Gasteiger partial charge on any atom is -0.444 e. The molecule has 0 bridgehead atoms. The summed E-state index contributed by atoms with van der Waals surface area (Å²) in [5, 5.41) is 7.38. The zero-order valence-corrected chi connectivity index (χ0v) is 36.0. The Kier molecular flexibility index (Phi) is 15.8. The van der Waals surface area contributed by atoms with Crippen LogP contribution in [0.1, 0.15) is 78.4 Å². The molecule has 0 spiro atoms. The lowest BCUT2D eigenvalue weighted by Crippen LogP contribution is -2.60. The van der Waals surface area contributed by atoms with Crippen molar-refractivity contribution in [2.24, 2.45) is 16.3 Å². The third-order valence-corrected chi connectivity index (χ3v) is 11.9. The highest BCUT2D eigenvalue weighted by Crippen LogP contribution is 2.45. The number of alkyl carbamates (subject to hydrolysis) is 2. The molecule has 16 nitrogen and oxygen atoms in total. The van der Waals surface area contributed by atoms with E-state index in [9.17, 15) is 37.2 Å². The molecule has 1 heterocycles. The lowest BCUT2D eigenvalue weighted by atomic mass is 9.85. The van der Waals surface area contributed by atoms with Crippen LogP contribution in [0.5, 0.6) is 0 Å². The van der Waals surface area contributed by atoms with Crippen LogP contribution in [0.3, 0.4) is 0 Å². The molecular formula is C43H58N6O10S. The number of sulfonamides is 1. The fourth-order valence-corrected chi connectivity index (χ4v) is 8.02. The zero-order chi connectivity index (χ0) is 44.3. The molecule has 1 unspecified atom stereocenters. The molecule has 1 aliphatic heterocycles. The second kappa shape index (κ2) is 20.1. The van der Waals surface area contributed by atoms with Gasteiger partial charge in [-0.1, -0.05) is 87.5 Å². The van der Waals surface area contributed by atoms with Crippen molar-refractivity contribution in [3.63, 3.8) is 0 Å². The van der Waals surface area contributed by atoms with Crippen molar-refractivity contribution < 1.29 is 46.7 Å². The SMILES string of the molecule is C=CC1C[C@]1(NC(=O)[C@@H]1C[C@@H](OC(=O)NCCc2ccccc2)CN1C(=O)[C@@H](NC(=O)OC(C)(C)C)C(C)(C)C)C(=O)NS(=O)(=O)C1CC1.O=C=NCCc1ccccc1. The van der Waals surface area contributed by atoms with Gasteiger partial charge in [0.25, 0.3) is 5.91 Å². The van der Waals surface area contributed by atoms with E-state index in [4.69, 9.17) is 9.47 Å². The number of benzene rings is 2. The normalized spacial score (nSPS) is 21.4. The fourth-order valence-electron chi connectivity index (χ4n) is 6.66. The Balaban J connectivity index is 0.000000624. The van der Waals surface area contributed by atoms with E-state index in [-0.39, 0.29) is 19.4 Å². The van der Waals surface area contributed by atoms with Crippen LogP contribution >= 0.6 is 0 Å². The van der Waals surface area contributed by atoms with Gasteiger partial charge in [-0.15, -0.1) is 6.58 Å². The highest BCUT2D eigenvalue weighted by molar-refractivity contribution is 7.91. The molecule has 60 heavy (non-hydrogen) atoms. The van der Waals surface area contributed by atoms with E-state index in [1.165, 1.54) is 22.6 Å². The van der Waals surface area contributed by atoms with E-state index in [0.717, 1.165) is 12.0 Å². The Morgan fingerprint density at radius 2 is 1.55 bits per heavy atom. The molecule has 2 saturated carbocycles. The van der Waals surface area contributed by atoms with E-state index in [1.54, 1.807) is 41.5 Å². The maximum atomic E-state index is 14.2. The topological polar surface area (TPSA) is 219 Å². The molecule has 0 radical (unpaired) electrons. The molecule has 2 aliphatic carbocycles. The van der Waals surface area contributed by atoms with Crippen LogP contribution in [0.25, 0.3) is 0 Å². The first-order chi connectivity index (χ1) is 28.2. The summed E-state index contributed by atoms with van der Waals surface area (Å²) in [6.07, 6.45) is 2.78. The summed E-state index contributed by atoms with van der Waals surface area (Å²) in [4.78, 5) is 81.5. The minimum absolute atomic E-state index is 0.107. The van der Waals surface area contributed by atoms with E-state index < -0.39 is 85.8 Å². The molecule has 2 aromatic rings. The van der Waals surface area contributed by atoms with Gasteiger partial charge in [-0.25, -0.2) is 27.8 Å². The zero-order valence-electron chi connectivity index (χ0n) is 35.2. The van der Waals surface area contributed by atoms with Crippen LogP contribution in [0.15, 0.2) is 78.3 Å². The van der Waals surface area contributed by atoms with Gasteiger partial charge in [-0.2, -0.15) is 0 Å². The lowest BCUT2D eigenvalue weighted by molar-refractivity contribution is -0.143. The second-order valence-corrected chi connectivity index (χ2v) is 19.2. The van der Waals surface area contributed by atoms with Crippen LogP contribution in [0, 0.1) is 11.3 Å². The van der Waals surface area contributed by atoms with Crippen LogP contribution in [0.2, 0.25) is 0 Å². The van der Waals surface area contributed by atoms with E-state index >= 15 is 0 Å². The smallest absolute Gasteiger partial charge is 0.408 e. The van der Waals surface area contributed by atoms with E-state index in [2.05, 4.69) is 32.2 Å². The molecular weight excluding hydrogens is 793 g/mol. The van der Waals surface area contributed by atoms with Gasteiger partial charge in [-0.3, -0.25) is 19.1 Å². The first-order valence-electron chi connectivity index (χ1n) is 20.1. The Morgan fingerprint density at radius 1 is 0.950 bits per heavy atom. The maximum Gasteiger partial charge on any atom is 0.408 e. The molecule has 3 fully saturated rings. The Hall–Kier alpha value is -5.54. The monoisotopic (exact) mass is 850 g/mol. The summed E-state index contributed by atoms with van der Waals surface area (Å²) < 4.78 is 38.3. The number of carbonyl (C=O) groups is 5. The molecule has 1 saturated heterocycles. The van der Waals surface area contributed by atoms with E-state index in [1.807, 2.05) is 60.7 Å². The number of likely N-dealkylation sites (tertiary alicyclic amines) is 1. The van der Waals surface area contributed by atoms with Gasteiger partial charge >= 0.3 is 12.2 Å². The highest BCUT2D eigenvalue weighted by Gasteiger charge is 2.62. The van der Waals surface area contributed by atoms with Crippen molar-refractivity contribution in [3.05, 3.63) is 84.4 Å². The molecule has 0 aromatic heterocycles. The van der Waals surface area contributed by atoms with Crippen molar-refractivity contribution in [2.75, 3.05) is 19.6 Å². The quantitative estimate of drug-likeness (QED) is 0.114. The number of hydrogen-bond acceptors (Lipinski definition) is 11. The lowest BCUT2D eigenvalue weighted by Gasteiger charge is -2.36. The summed E-state index contributed by atoms with van der Waals surface area (Å²) in [5.41, 5.74) is -1.05. The van der Waals surface area contributed by atoms with Crippen molar-refractivity contribution in [3.8, 4) is 0 Å². The summed E-state index contributed by atoms with van der Waals surface area (Å²) in [7, 11) is -3.91. The first-order valence-corrected chi connectivity index (χ1v) is 21.6. The summed E-state index contributed by atoms with van der Waals surface area (Å²) >= 11 is 0. The third-order valence-electron chi connectivity index (χ3n) is 10.1. The number of nitrogens with zero attached hydrogens (tertiary/aromatic N) is 2. The average molecular weight is 851 g/mol. The molecule has 4 N–H and O–H groups in total. The average Bonchev–Trinajstić information content (AvgIpc) is 4.10. The van der Waals surface area contributed by atoms with Crippen LogP contribution in [-0.2, 0) is 51.5 Å². The molecule has 5 rings (SSSR count). The molecule has 17 heteroatoms. The van der Waals surface area contributed by atoms with Gasteiger partial charge in [0.2, 0.25) is 27.9 Å². The largest absolute Gasteiger partial charge is 0.444 e. The number of isocyanates is 1. The number of aliphatic imine (C=N–C) groups is 1. The molecule has 3 aliphatic rings. The highest BCUT2D eigenvalue weighted by atomic mass is 32.2. The van der Waals surface area contributed by atoms with Gasteiger partial charge in [0, 0.05) is 18.9 Å². The number of ether oxygens (including phenoxy) is 2. The minimum atomic E-state index is -3.91. The van der Waals surface area contributed by atoms with Gasteiger partial charge in [0.1, 0.15) is 29.3 Å². The number of hydrogen-bond donors (Lipinski definition) is 4. The summed E-state index contributed by atoms with van der Waals surface area (Å²) in [6.45, 7) is 14.6. The fraction of sp³-hybridized carbons (Fsp3) is 0.535. The second-order valence-electron chi connectivity index (χ2n) is 17.3. The standard InChI is InChI=1S/C34H49N5O9S.C9H9NO/c1-8-22-19-34(22,29(42)38-49(45,46)24-14-15-24)37-27(40)25-18-23(47-30(43)35-17-16-21-12-10-9-11-13-21)20-39(25)28(41)26(32(2,3)4)36-31(44)48-33(5,6)7;11-8-10-7-6-9-4-2-1-3-5-9/h8-13,22-26H,1,14-20H2,2-7H3,(H,35,43)(H,36,44)(H,37,40)(H,38,42);1-5H,6-7H2/t22?,23-,25+,26-,34-;/m1./s1.